The predicted octanol–water partition coefficient (Wildman–Crippen LogP) is 2.97. The van der Waals surface area contributed by atoms with Crippen LogP contribution in [0.4, 0.5) is 17.1 Å². The largest absolute Gasteiger partial charge is 0.346 e. The van der Waals surface area contributed by atoms with Gasteiger partial charge in [0, 0.05) is 36.9 Å². The molecule has 0 saturated carbocycles. The minimum Gasteiger partial charge on any atom is -0.346 e. The van der Waals surface area contributed by atoms with Crippen LogP contribution in [-0.4, -0.2) is 20.8 Å². The number of hydrogen-bond acceptors (Lipinski definition) is 2. The van der Waals surface area contributed by atoms with Crippen LogP contribution in [0.25, 0.3) is 0 Å². The van der Waals surface area contributed by atoms with E-state index in [0.717, 1.165) is 12.8 Å². The highest BCUT2D eigenvalue weighted by molar-refractivity contribution is 6.95. The van der Waals surface area contributed by atoms with Crippen molar-refractivity contribution in [1.29, 1.82) is 0 Å². The van der Waals surface area contributed by atoms with Crippen LogP contribution in [0.3, 0.4) is 0 Å². The molecule has 2 nitrogen and oxygen atoms in total. The molecule has 0 aromatic heterocycles. The lowest BCUT2D eigenvalue weighted by Gasteiger charge is -2.43. The van der Waals surface area contributed by atoms with Gasteiger partial charge in [-0.2, -0.15) is 0 Å². The third kappa shape index (κ3) is 1.60. The summed E-state index contributed by atoms with van der Waals surface area (Å²) in [6, 6.07) is 15.6. The second kappa shape index (κ2) is 4.54. The van der Waals surface area contributed by atoms with Gasteiger partial charge >= 0.3 is 0 Å². The third-order valence-electron chi connectivity index (χ3n) is 5.58. The van der Waals surface area contributed by atoms with Crippen molar-refractivity contribution in [1.82, 2.24) is 0 Å². The number of likely N-dealkylation sites (N-methyl/N-ethyl adjacent to an activating group) is 1. The average Bonchev–Trinajstić information content (AvgIpc) is 2.61. The molecule has 0 radical (unpaired) electrons. The van der Waals surface area contributed by atoms with Crippen LogP contribution in [0.15, 0.2) is 65.8 Å². The zero-order valence-corrected chi connectivity index (χ0v) is 13.6. The Hall–Kier alpha value is -2.42. The van der Waals surface area contributed by atoms with Crippen LogP contribution in [0, 0.1) is 0 Å². The summed E-state index contributed by atoms with van der Waals surface area (Å²) in [7, 11) is 4.40. The minimum atomic E-state index is 0.407. The van der Waals surface area contributed by atoms with Crippen molar-refractivity contribution in [2.24, 2.45) is 0 Å². The van der Waals surface area contributed by atoms with Gasteiger partial charge in [0.15, 0.2) is 0 Å². The maximum absolute atomic E-state index is 2.38. The fraction of sp³-hybridized carbons (Fsp3) is 0.200. The SMILES string of the molecule is CN1C2=C(CCC=C2)B2c3ccccc3N(C)c3cccc1c32. The molecule has 2 aromatic carbocycles. The molecule has 3 aliphatic rings. The summed E-state index contributed by atoms with van der Waals surface area (Å²) in [5.41, 5.74) is 9.93. The first-order valence-electron chi connectivity index (χ1n) is 8.36. The fourth-order valence-electron chi connectivity index (χ4n) is 4.52. The van der Waals surface area contributed by atoms with Crippen molar-refractivity contribution < 1.29 is 0 Å². The zero-order valence-electron chi connectivity index (χ0n) is 13.6. The Bertz CT molecular complexity index is 881. The van der Waals surface area contributed by atoms with Gasteiger partial charge in [-0.3, -0.25) is 0 Å². The molecule has 112 valence electrons. The van der Waals surface area contributed by atoms with Gasteiger partial charge in [-0.05, 0) is 48.0 Å². The molecule has 2 aliphatic heterocycles. The molecule has 23 heavy (non-hydrogen) atoms. The number of fused-ring (bicyclic) bond motifs is 3. The van der Waals surface area contributed by atoms with Crippen LogP contribution >= 0.6 is 0 Å². The Kier molecular flexibility index (Phi) is 2.58. The number of benzene rings is 2. The number of para-hydroxylation sites is 1. The van der Waals surface area contributed by atoms with Crippen molar-refractivity contribution in [3.63, 3.8) is 0 Å². The zero-order chi connectivity index (χ0) is 15.6. The summed E-state index contributed by atoms with van der Waals surface area (Å²) in [5.74, 6) is 0. The smallest absolute Gasteiger partial charge is 0.247 e. The lowest BCUT2D eigenvalue weighted by atomic mass is 9.32. The van der Waals surface area contributed by atoms with Crippen LogP contribution in [0.5, 0.6) is 0 Å². The highest BCUT2D eigenvalue weighted by Crippen LogP contribution is 2.38. The number of allylic oxidation sites excluding steroid dienone is 3. The van der Waals surface area contributed by atoms with Crippen molar-refractivity contribution in [3.05, 3.63) is 65.8 Å². The molecule has 1 aliphatic carbocycles. The van der Waals surface area contributed by atoms with Gasteiger partial charge in [-0.25, -0.2) is 0 Å². The molecule has 5 rings (SSSR count). The molecule has 0 amide bonds. The maximum Gasteiger partial charge on any atom is 0.247 e. The summed E-state index contributed by atoms with van der Waals surface area (Å²) in [4.78, 5) is 4.73. The minimum absolute atomic E-state index is 0.407. The molecule has 2 heterocycles. The Morgan fingerprint density at radius 1 is 0.870 bits per heavy atom. The Morgan fingerprint density at radius 2 is 1.61 bits per heavy atom. The van der Waals surface area contributed by atoms with Crippen LogP contribution in [0.1, 0.15) is 12.8 Å². The molecular weight excluding hydrogens is 279 g/mol. The predicted molar refractivity (Wildman–Crippen MR) is 99.8 cm³/mol. The van der Waals surface area contributed by atoms with Gasteiger partial charge in [0.05, 0.1) is 0 Å². The molecule has 0 spiro atoms. The summed E-state index contributed by atoms with van der Waals surface area (Å²) in [6.45, 7) is 0.407. The van der Waals surface area contributed by atoms with E-state index in [2.05, 4.69) is 78.5 Å². The van der Waals surface area contributed by atoms with Crippen molar-refractivity contribution >= 4 is 34.7 Å². The van der Waals surface area contributed by atoms with Crippen molar-refractivity contribution in [2.45, 2.75) is 12.8 Å². The highest BCUT2D eigenvalue weighted by atomic mass is 15.1. The first-order chi connectivity index (χ1) is 11.3. The number of anilines is 3. The summed E-state index contributed by atoms with van der Waals surface area (Å²) < 4.78 is 0. The van der Waals surface area contributed by atoms with E-state index in [1.165, 1.54) is 33.7 Å². The molecule has 2 aromatic rings. The first-order valence-corrected chi connectivity index (χ1v) is 8.36. The maximum atomic E-state index is 2.38. The average molecular weight is 298 g/mol. The van der Waals surface area contributed by atoms with E-state index < -0.39 is 0 Å². The van der Waals surface area contributed by atoms with Crippen molar-refractivity contribution in [3.8, 4) is 0 Å². The number of rotatable bonds is 0. The first kappa shape index (κ1) is 13.1. The Labute approximate surface area is 137 Å². The van der Waals surface area contributed by atoms with E-state index in [0.29, 0.717) is 6.71 Å². The Morgan fingerprint density at radius 3 is 2.48 bits per heavy atom. The van der Waals surface area contributed by atoms with Crippen LogP contribution in [-0.2, 0) is 0 Å². The second-order valence-electron chi connectivity index (χ2n) is 6.67. The van der Waals surface area contributed by atoms with Gasteiger partial charge in [0.25, 0.3) is 0 Å². The molecule has 0 fully saturated rings. The van der Waals surface area contributed by atoms with E-state index in [9.17, 15) is 0 Å². The van der Waals surface area contributed by atoms with E-state index in [4.69, 9.17) is 0 Å². The number of nitrogens with zero attached hydrogens (tertiary/aromatic N) is 2. The monoisotopic (exact) mass is 298 g/mol. The molecule has 0 atom stereocenters. The quantitative estimate of drug-likeness (QED) is 0.690. The Balaban J connectivity index is 1.88. The van der Waals surface area contributed by atoms with Gasteiger partial charge in [0.1, 0.15) is 0 Å². The molecule has 0 N–H and O–H groups in total. The molecule has 0 unspecified atom stereocenters. The lowest BCUT2D eigenvalue weighted by Crippen LogP contribution is -2.56. The summed E-state index contributed by atoms with van der Waals surface area (Å²) in [6.07, 6.45) is 6.94. The normalized spacial score (nSPS) is 17.9. The molecule has 0 bridgehead atoms. The standard InChI is InChI=1S/C20H19BN2/c1-22-16-10-5-3-8-14(16)21-15-9-4-6-11-17(15)23(2)19-13-7-12-18(22)20(19)21/h3,5-8,10-13H,4,9H2,1-2H3. The molecule has 0 saturated heterocycles. The van der Waals surface area contributed by atoms with Gasteiger partial charge in [0.2, 0.25) is 6.71 Å². The summed E-state index contributed by atoms with van der Waals surface area (Å²) >= 11 is 0. The highest BCUT2D eigenvalue weighted by Gasteiger charge is 2.41. The van der Waals surface area contributed by atoms with Gasteiger partial charge in [-0.15, -0.1) is 0 Å². The van der Waals surface area contributed by atoms with Gasteiger partial charge in [-0.1, -0.05) is 35.8 Å². The van der Waals surface area contributed by atoms with Crippen LogP contribution < -0.4 is 20.7 Å². The van der Waals surface area contributed by atoms with E-state index >= 15 is 0 Å². The van der Waals surface area contributed by atoms with E-state index in [1.807, 2.05) is 0 Å². The fourth-order valence-corrected chi connectivity index (χ4v) is 4.52. The molecular formula is C20H19BN2. The topological polar surface area (TPSA) is 6.48 Å². The molecule has 3 heteroatoms. The number of hydrogen-bond donors (Lipinski definition) is 0. The second-order valence-corrected chi connectivity index (χ2v) is 6.67. The van der Waals surface area contributed by atoms with E-state index in [-0.39, 0.29) is 0 Å². The lowest BCUT2D eigenvalue weighted by molar-refractivity contribution is 0.953. The van der Waals surface area contributed by atoms with Crippen LogP contribution in [0.2, 0.25) is 0 Å². The van der Waals surface area contributed by atoms with Crippen molar-refractivity contribution in [2.75, 3.05) is 23.9 Å². The van der Waals surface area contributed by atoms with Gasteiger partial charge < -0.3 is 9.80 Å². The summed E-state index contributed by atoms with van der Waals surface area (Å²) in [5, 5.41) is 0. The van der Waals surface area contributed by atoms with E-state index in [1.54, 1.807) is 5.47 Å². The third-order valence-corrected chi connectivity index (χ3v) is 5.58.